The Labute approximate surface area is 391 Å². The number of allylic oxidation sites excluding steroid dienone is 4. The van der Waals surface area contributed by atoms with Crippen LogP contribution in [0.3, 0.4) is 0 Å². The highest BCUT2D eigenvalue weighted by atomic mass is 16.5. The monoisotopic (exact) mass is 885 g/mol. The lowest BCUT2D eigenvalue weighted by Gasteiger charge is -2.44. The van der Waals surface area contributed by atoms with Crippen molar-refractivity contribution in [2.24, 2.45) is 0 Å². The zero-order valence-corrected chi connectivity index (χ0v) is 42.3. The van der Waals surface area contributed by atoms with Crippen LogP contribution in [-0.4, -0.2) is 123 Å². The van der Waals surface area contributed by atoms with E-state index in [2.05, 4.69) is 71.8 Å². The molecule has 0 bridgehead atoms. The molecule has 63 heavy (non-hydrogen) atoms. The molecule has 0 amide bonds. The van der Waals surface area contributed by atoms with Gasteiger partial charge in [0.15, 0.2) is 0 Å². The smallest absolute Gasteiger partial charge is 0.305 e. The van der Waals surface area contributed by atoms with Crippen LogP contribution in [0.15, 0.2) is 24.3 Å². The van der Waals surface area contributed by atoms with Crippen molar-refractivity contribution >= 4 is 11.9 Å². The molecule has 0 saturated carbocycles. The topological polar surface area (TPSA) is 65.6 Å². The molecule has 2 heterocycles. The van der Waals surface area contributed by atoms with Gasteiger partial charge in [0.1, 0.15) is 13.2 Å². The van der Waals surface area contributed by atoms with Crippen molar-refractivity contribution in [2.75, 3.05) is 79.7 Å². The Kier molecular flexibility index (Phi) is 38.0. The number of hydrogen-bond acceptors (Lipinski definition) is 8. The lowest BCUT2D eigenvalue weighted by molar-refractivity contribution is -0.145. The summed E-state index contributed by atoms with van der Waals surface area (Å²) in [4.78, 5) is 35.6. The number of esters is 2. The van der Waals surface area contributed by atoms with Crippen LogP contribution in [0.25, 0.3) is 0 Å². The average molecular weight is 885 g/mol. The quantitative estimate of drug-likeness (QED) is 0.0341. The van der Waals surface area contributed by atoms with Crippen LogP contribution in [-0.2, 0) is 19.1 Å². The van der Waals surface area contributed by atoms with E-state index in [1.807, 2.05) is 0 Å². The lowest BCUT2D eigenvalue weighted by Crippen LogP contribution is -2.52. The van der Waals surface area contributed by atoms with Crippen LogP contribution in [0.1, 0.15) is 226 Å². The molecule has 368 valence electrons. The second kappa shape index (κ2) is 41.7. The Morgan fingerprint density at radius 2 is 0.889 bits per heavy atom. The van der Waals surface area contributed by atoms with E-state index in [0.29, 0.717) is 51.2 Å². The minimum atomic E-state index is -0.0677. The SMILES string of the molecule is CCCCCCCC/C=C\CCCCCCCC(=O)OCCN(CCOC(=O)CCCCCCC/C=C\CCCCCCCC)C1CCN(C2CCN(CCCN(C)C)CC2)CC1. The van der Waals surface area contributed by atoms with Crippen molar-refractivity contribution in [3.8, 4) is 0 Å². The highest BCUT2D eigenvalue weighted by Gasteiger charge is 2.30. The molecule has 0 spiro atoms. The first-order valence-corrected chi connectivity index (χ1v) is 27.4. The predicted octanol–water partition coefficient (Wildman–Crippen LogP) is 13.3. The average Bonchev–Trinajstić information content (AvgIpc) is 3.28. The van der Waals surface area contributed by atoms with E-state index in [9.17, 15) is 9.59 Å². The summed E-state index contributed by atoms with van der Waals surface area (Å²) in [5, 5.41) is 0. The second-order valence-corrected chi connectivity index (χ2v) is 19.6. The van der Waals surface area contributed by atoms with Crippen LogP contribution in [0.5, 0.6) is 0 Å². The first-order chi connectivity index (χ1) is 30.9. The van der Waals surface area contributed by atoms with Crippen LogP contribution in [0.2, 0.25) is 0 Å². The number of rotatable bonds is 42. The summed E-state index contributed by atoms with van der Waals surface area (Å²) in [6.07, 6.45) is 49.2. The first kappa shape index (κ1) is 57.4. The van der Waals surface area contributed by atoms with E-state index in [1.54, 1.807) is 0 Å². The molecule has 8 heteroatoms. The number of carbonyl (C=O) groups excluding carboxylic acids is 2. The summed E-state index contributed by atoms with van der Waals surface area (Å²) < 4.78 is 11.6. The third-order valence-corrected chi connectivity index (χ3v) is 13.7. The summed E-state index contributed by atoms with van der Waals surface area (Å²) in [6.45, 7) is 13.9. The van der Waals surface area contributed by atoms with E-state index >= 15 is 0 Å². The Balaban J connectivity index is 1.64. The fourth-order valence-corrected chi connectivity index (χ4v) is 9.59. The molecule has 0 radical (unpaired) electrons. The highest BCUT2D eigenvalue weighted by molar-refractivity contribution is 5.69. The molecule has 0 atom stereocenters. The van der Waals surface area contributed by atoms with Crippen LogP contribution >= 0.6 is 0 Å². The number of hydrogen-bond donors (Lipinski definition) is 0. The molecule has 0 aromatic heterocycles. The summed E-state index contributed by atoms with van der Waals surface area (Å²) in [5.41, 5.74) is 0. The fraction of sp³-hybridized carbons (Fsp3) is 0.891. The maximum atomic E-state index is 12.7. The van der Waals surface area contributed by atoms with Gasteiger partial charge in [0.25, 0.3) is 0 Å². The zero-order valence-electron chi connectivity index (χ0n) is 42.3. The fourth-order valence-electron chi connectivity index (χ4n) is 9.59. The number of ether oxygens (including phenoxy) is 2. The molecule has 8 nitrogen and oxygen atoms in total. The van der Waals surface area contributed by atoms with Crippen LogP contribution in [0, 0.1) is 0 Å². The Hall–Kier alpha value is -1.74. The standard InChI is InChI=1S/C55H104N4O4/c1-5-7-9-11-13-15-17-19-21-23-25-27-29-31-33-36-54(60)62-50-48-59(53-40-46-58(47-41-53)52-38-44-57(45-39-52)43-35-42-56(3)4)49-51-63-55(61)37-34-32-30-28-26-24-22-20-18-16-14-12-10-8-6-2/h19-22,52-53H,5-18,23-51H2,1-4H3/b21-19-,22-20-. The Bertz CT molecular complexity index is 1040. The third-order valence-electron chi connectivity index (χ3n) is 13.7. The summed E-state index contributed by atoms with van der Waals surface area (Å²) in [5.74, 6) is -0.135. The first-order valence-electron chi connectivity index (χ1n) is 27.4. The molecule has 2 saturated heterocycles. The zero-order chi connectivity index (χ0) is 45.3. The summed E-state index contributed by atoms with van der Waals surface area (Å²) in [6, 6.07) is 1.13. The number of carbonyl (C=O) groups is 2. The molecule has 2 fully saturated rings. The number of nitrogens with zero attached hydrogens (tertiary/aromatic N) is 4. The van der Waals surface area contributed by atoms with Gasteiger partial charge in [-0.25, -0.2) is 0 Å². The lowest BCUT2D eigenvalue weighted by atomic mass is 9.97. The van der Waals surface area contributed by atoms with E-state index in [-0.39, 0.29) is 11.9 Å². The molecule has 2 aliphatic rings. The van der Waals surface area contributed by atoms with E-state index < -0.39 is 0 Å². The second-order valence-electron chi connectivity index (χ2n) is 19.6. The van der Waals surface area contributed by atoms with Crippen molar-refractivity contribution < 1.29 is 19.1 Å². The van der Waals surface area contributed by atoms with Crippen molar-refractivity contribution in [3.05, 3.63) is 24.3 Å². The maximum Gasteiger partial charge on any atom is 0.305 e. The van der Waals surface area contributed by atoms with Crippen LogP contribution < -0.4 is 0 Å². The van der Waals surface area contributed by atoms with Gasteiger partial charge in [-0.05, 0) is 150 Å². The van der Waals surface area contributed by atoms with E-state index in [1.165, 1.54) is 180 Å². The van der Waals surface area contributed by atoms with Gasteiger partial charge in [-0.15, -0.1) is 0 Å². The predicted molar refractivity (Wildman–Crippen MR) is 270 cm³/mol. The normalized spacial score (nSPS) is 16.1. The number of likely N-dealkylation sites (tertiary alicyclic amines) is 2. The molecular weight excluding hydrogens is 781 g/mol. The van der Waals surface area contributed by atoms with Crippen molar-refractivity contribution in [2.45, 2.75) is 238 Å². The van der Waals surface area contributed by atoms with Crippen molar-refractivity contribution in [3.63, 3.8) is 0 Å². The third kappa shape index (κ3) is 33.4. The molecular formula is C55H104N4O4. The molecule has 0 N–H and O–H groups in total. The molecule has 2 rings (SSSR count). The molecule has 0 aromatic carbocycles. The minimum absolute atomic E-state index is 0.0677. The van der Waals surface area contributed by atoms with Gasteiger partial charge in [0.05, 0.1) is 0 Å². The molecule has 0 aromatic rings. The minimum Gasteiger partial charge on any atom is -0.464 e. The van der Waals surface area contributed by atoms with Gasteiger partial charge < -0.3 is 24.2 Å². The van der Waals surface area contributed by atoms with Crippen LogP contribution in [0.4, 0.5) is 0 Å². The Morgan fingerprint density at radius 1 is 0.492 bits per heavy atom. The van der Waals surface area contributed by atoms with Gasteiger partial charge in [-0.2, -0.15) is 0 Å². The maximum absolute atomic E-state index is 12.7. The highest BCUT2D eigenvalue weighted by Crippen LogP contribution is 2.24. The van der Waals surface area contributed by atoms with Gasteiger partial charge in [-0.1, -0.05) is 141 Å². The van der Waals surface area contributed by atoms with Gasteiger partial charge in [0.2, 0.25) is 0 Å². The number of piperidine rings is 2. The largest absolute Gasteiger partial charge is 0.464 e. The van der Waals surface area contributed by atoms with Crippen molar-refractivity contribution in [1.82, 2.24) is 19.6 Å². The molecule has 0 aliphatic carbocycles. The van der Waals surface area contributed by atoms with Gasteiger partial charge >= 0.3 is 11.9 Å². The molecule has 2 aliphatic heterocycles. The van der Waals surface area contributed by atoms with Crippen molar-refractivity contribution in [1.29, 1.82) is 0 Å². The van der Waals surface area contributed by atoms with E-state index in [4.69, 9.17) is 9.47 Å². The van der Waals surface area contributed by atoms with E-state index in [0.717, 1.165) is 58.2 Å². The number of unbranched alkanes of at least 4 members (excludes halogenated alkanes) is 22. The summed E-state index contributed by atoms with van der Waals surface area (Å²) >= 11 is 0. The summed E-state index contributed by atoms with van der Waals surface area (Å²) in [7, 11) is 4.33. The van der Waals surface area contributed by atoms with Gasteiger partial charge in [-0.3, -0.25) is 14.5 Å². The Morgan fingerprint density at radius 3 is 1.30 bits per heavy atom. The molecule has 0 unspecified atom stereocenters. The van der Waals surface area contributed by atoms with Gasteiger partial charge in [0, 0.05) is 38.0 Å².